The molecule has 0 unspecified atom stereocenters. The van der Waals surface area contributed by atoms with E-state index in [0.717, 1.165) is 19.5 Å². The van der Waals surface area contributed by atoms with Gasteiger partial charge in [0.05, 0.1) is 17.1 Å². The zero-order valence-electron chi connectivity index (χ0n) is 16.3. The second-order valence-corrected chi connectivity index (χ2v) is 7.12. The molecule has 4 rings (SSSR count). The van der Waals surface area contributed by atoms with Gasteiger partial charge in [0.25, 0.3) is 11.5 Å². The molecule has 2 N–H and O–H groups in total. The van der Waals surface area contributed by atoms with E-state index in [4.69, 9.17) is 0 Å². The third-order valence-electron chi connectivity index (χ3n) is 4.92. The summed E-state index contributed by atoms with van der Waals surface area (Å²) in [6.07, 6.45) is 2.32. The summed E-state index contributed by atoms with van der Waals surface area (Å²) in [5.74, 6) is -0.239. The number of amides is 1. The topological polar surface area (TPSA) is 82.5 Å². The Morgan fingerprint density at radius 1 is 1.14 bits per heavy atom. The molecule has 0 saturated heterocycles. The number of aromatic nitrogens is 3. The normalized spacial score (nSPS) is 11.4. The summed E-state index contributed by atoms with van der Waals surface area (Å²) in [5.41, 5.74) is 2.48. The first-order chi connectivity index (χ1) is 14.1. The lowest BCUT2D eigenvalue weighted by Crippen LogP contribution is -2.28. The fraction of sp³-hybridized carbons (Fsp3) is 0.227. The Kier molecular flexibility index (Phi) is 5.39. The van der Waals surface area contributed by atoms with Crippen LogP contribution in [0.25, 0.3) is 16.6 Å². The van der Waals surface area contributed by atoms with Crippen molar-refractivity contribution in [1.82, 2.24) is 24.8 Å². The number of nitrogens with zero attached hydrogens (tertiary/aromatic N) is 3. The highest BCUT2D eigenvalue weighted by Gasteiger charge is 2.15. The molecule has 7 heteroatoms. The van der Waals surface area contributed by atoms with Crippen LogP contribution >= 0.6 is 0 Å². The van der Waals surface area contributed by atoms with E-state index in [1.807, 2.05) is 30.3 Å². The highest BCUT2D eigenvalue weighted by molar-refractivity contribution is 6.00. The van der Waals surface area contributed by atoms with Crippen molar-refractivity contribution in [3.05, 3.63) is 82.3 Å². The summed E-state index contributed by atoms with van der Waals surface area (Å²) in [6, 6.07) is 17.5. The molecule has 7 nitrogen and oxygen atoms in total. The molecule has 0 aliphatic rings. The van der Waals surface area contributed by atoms with Gasteiger partial charge in [0.1, 0.15) is 11.2 Å². The molecule has 2 aromatic heterocycles. The summed E-state index contributed by atoms with van der Waals surface area (Å²) in [6.45, 7) is 2.29. The largest absolute Gasteiger partial charge is 0.352 e. The van der Waals surface area contributed by atoms with E-state index >= 15 is 0 Å². The maximum Gasteiger partial charge on any atom is 0.259 e. The van der Waals surface area contributed by atoms with Crippen molar-refractivity contribution < 1.29 is 4.79 Å². The number of nitrogens with one attached hydrogen (secondary N) is 2. The third-order valence-corrected chi connectivity index (χ3v) is 4.92. The second kappa shape index (κ2) is 8.28. The van der Waals surface area contributed by atoms with Gasteiger partial charge in [-0.3, -0.25) is 9.59 Å². The van der Waals surface area contributed by atoms with Crippen LogP contribution in [0.1, 0.15) is 22.3 Å². The van der Waals surface area contributed by atoms with Gasteiger partial charge in [-0.2, -0.15) is 5.10 Å². The van der Waals surface area contributed by atoms with Gasteiger partial charge in [0, 0.05) is 13.1 Å². The van der Waals surface area contributed by atoms with Crippen LogP contribution in [0.4, 0.5) is 0 Å². The molecule has 148 valence electrons. The summed E-state index contributed by atoms with van der Waals surface area (Å²) >= 11 is 0. The molecule has 0 spiro atoms. The minimum absolute atomic E-state index is 0.231. The predicted molar refractivity (Wildman–Crippen MR) is 113 cm³/mol. The van der Waals surface area contributed by atoms with Crippen molar-refractivity contribution in [3.63, 3.8) is 0 Å². The van der Waals surface area contributed by atoms with E-state index in [2.05, 4.69) is 39.5 Å². The average Bonchev–Trinajstić information content (AvgIpc) is 3.16. The Morgan fingerprint density at radius 2 is 1.90 bits per heavy atom. The van der Waals surface area contributed by atoms with Crippen LogP contribution in [0.2, 0.25) is 0 Å². The molecule has 0 aliphatic heterocycles. The van der Waals surface area contributed by atoms with Crippen LogP contribution in [0.5, 0.6) is 0 Å². The van der Waals surface area contributed by atoms with E-state index in [9.17, 15) is 9.59 Å². The van der Waals surface area contributed by atoms with E-state index in [-0.39, 0.29) is 11.5 Å². The number of carbonyl (C=O) groups is 1. The summed E-state index contributed by atoms with van der Waals surface area (Å²) in [4.78, 5) is 29.9. The minimum atomic E-state index is -0.239. The molecule has 2 heterocycles. The molecule has 29 heavy (non-hydrogen) atoms. The fourth-order valence-corrected chi connectivity index (χ4v) is 3.46. The number of para-hydroxylation sites is 1. The Hall–Kier alpha value is -3.45. The number of benzene rings is 2. The second-order valence-electron chi connectivity index (χ2n) is 7.12. The summed E-state index contributed by atoms with van der Waals surface area (Å²) in [5, 5.41) is 7.75. The van der Waals surface area contributed by atoms with Crippen LogP contribution in [-0.4, -0.2) is 45.5 Å². The van der Waals surface area contributed by atoms with Gasteiger partial charge in [0.2, 0.25) is 0 Å². The molecule has 4 aromatic rings. The molecule has 0 bridgehead atoms. The number of hydrogen-bond donors (Lipinski definition) is 2. The van der Waals surface area contributed by atoms with Gasteiger partial charge in [-0.05, 0) is 37.7 Å². The van der Waals surface area contributed by atoms with E-state index < -0.39 is 0 Å². The van der Waals surface area contributed by atoms with E-state index in [1.165, 1.54) is 11.8 Å². The van der Waals surface area contributed by atoms with Gasteiger partial charge in [-0.25, -0.2) is 4.52 Å². The average molecular weight is 389 g/mol. The van der Waals surface area contributed by atoms with Crippen LogP contribution in [0.3, 0.4) is 0 Å². The van der Waals surface area contributed by atoms with Crippen LogP contribution in [0.15, 0.2) is 65.6 Å². The minimum Gasteiger partial charge on any atom is -0.352 e. The Bertz CT molecular complexity index is 1200. The number of aromatic amines is 1. The molecule has 0 aliphatic carbocycles. The first kappa shape index (κ1) is 18.9. The van der Waals surface area contributed by atoms with Gasteiger partial charge in [0.15, 0.2) is 0 Å². The Labute approximate surface area is 168 Å². The zero-order chi connectivity index (χ0) is 20.2. The van der Waals surface area contributed by atoms with Gasteiger partial charge in [-0.15, -0.1) is 0 Å². The molecule has 0 atom stereocenters. The number of fused-ring (bicyclic) bond motifs is 3. The maximum atomic E-state index is 12.6. The van der Waals surface area contributed by atoms with Crippen LogP contribution in [-0.2, 0) is 6.54 Å². The van der Waals surface area contributed by atoms with Crippen LogP contribution < -0.4 is 10.9 Å². The number of hydrogen-bond acceptors (Lipinski definition) is 4. The molecular formula is C22H23N5O2. The standard InChI is InChI=1S/C22H23N5O2/c1-26(15-16-8-3-2-4-9-16)13-7-12-23-21(28)18-14-24-27-19-11-6-5-10-17(19)22(29)25-20(18)27/h2-6,8-11,14H,7,12-13,15H2,1H3,(H,23,28)(H,25,29). The smallest absolute Gasteiger partial charge is 0.259 e. The van der Waals surface area contributed by atoms with Crippen molar-refractivity contribution in [1.29, 1.82) is 0 Å². The highest BCUT2D eigenvalue weighted by atomic mass is 16.1. The van der Waals surface area contributed by atoms with Crippen molar-refractivity contribution >= 4 is 22.5 Å². The quantitative estimate of drug-likeness (QED) is 0.476. The third kappa shape index (κ3) is 4.05. The SMILES string of the molecule is CN(CCCNC(=O)c1cnn2c1[nH]c(=O)c1ccccc12)Cc1ccccc1. The maximum absolute atomic E-state index is 12.6. The van der Waals surface area contributed by atoms with Crippen molar-refractivity contribution in [2.75, 3.05) is 20.1 Å². The molecule has 1 amide bonds. The number of H-pyrrole nitrogens is 1. The Balaban J connectivity index is 1.38. The molecule has 0 radical (unpaired) electrons. The van der Waals surface area contributed by atoms with Gasteiger partial charge in [-0.1, -0.05) is 42.5 Å². The fourth-order valence-electron chi connectivity index (χ4n) is 3.46. The summed E-state index contributed by atoms with van der Waals surface area (Å²) in [7, 11) is 2.07. The molecule has 0 saturated carbocycles. The van der Waals surface area contributed by atoms with Gasteiger partial charge < -0.3 is 15.2 Å². The lowest BCUT2D eigenvalue weighted by molar-refractivity contribution is 0.0953. The number of rotatable bonds is 7. The lowest BCUT2D eigenvalue weighted by atomic mass is 10.2. The molecule has 2 aromatic carbocycles. The predicted octanol–water partition coefficient (Wildman–Crippen LogP) is 2.43. The Morgan fingerprint density at radius 3 is 2.72 bits per heavy atom. The van der Waals surface area contributed by atoms with Crippen molar-refractivity contribution in [2.45, 2.75) is 13.0 Å². The van der Waals surface area contributed by atoms with E-state index in [1.54, 1.807) is 16.6 Å². The van der Waals surface area contributed by atoms with E-state index in [0.29, 0.717) is 28.7 Å². The van der Waals surface area contributed by atoms with Crippen molar-refractivity contribution in [3.8, 4) is 0 Å². The monoisotopic (exact) mass is 389 g/mol. The molecule has 0 fully saturated rings. The first-order valence-corrected chi connectivity index (χ1v) is 9.63. The van der Waals surface area contributed by atoms with Crippen molar-refractivity contribution in [2.24, 2.45) is 0 Å². The number of carbonyl (C=O) groups excluding carboxylic acids is 1. The molecular weight excluding hydrogens is 366 g/mol. The first-order valence-electron chi connectivity index (χ1n) is 9.63. The van der Waals surface area contributed by atoms with Gasteiger partial charge >= 0.3 is 0 Å². The summed E-state index contributed by atoms with van der Waals surface area (Å²) < 4.78 is 1.60. The zero-order valence-corrected chi connectivity index (χ0v) is 16.3. The van der Waals surface area contributed by atoms with Crippen LogP contribution in [0, 0.1) is 0 Å². The lowest BCUT2D eigenvalue weighted by Gasteiger charge is -2.16. The highest BCUT2D eigenvalue weighted by Crippen LogP contribution is 2.14.